The second kappa shape index (κ2) is 5.22. The highest BCUT2D eigenvalue weighted by Gasteiger charge is 2.40. The molecular formula is C13H27N3O. The minimum atomic E-state index is -0.139. The van der Waals surface area contributed by atoms with Gasteiger partial charge in [0.1, 0.15) is 0 Å². The molecule has 1 aliphatic heterocycles. The summed E-state index contributed by atoms with van der Waals surface area (Å²) in [6.45, 7) is 2.96. The Morgan fingerprint density at radius 1 is 1.29 bits per heavy atom. The van der Waals surface area contributed by atoms with E-state index in [-0.39, 0.29) is 6.10 Å². The molecule has 0 aromatic carbocycles. The van der Waals surface area contributed by atoms with Gasteiger partial charge < -0.3 is 20.2 Å². The van der Waals surface area contributed by atoms with Gasteiger partial charge in [0, 0.05) is 31.2 Å². The van der Waals surface area contributed by atoms with E-state index >= 15 is 0 Å². The first-order valence-electron chi connectivity index (χ1n) is 6.79. The largest absolute Gasteiger partial charge is 0.392 e. The highest BCUT2D eigenvalue weighted by Crippen LogP contribution is 2.36. The minimum Gasteiger partial charge on any atom is -0.392 e. The molecule has 100 valence electrons. The molecule has 0 aromatic rings. The van der Waals surface area contributed by atoms with E-state index in [0.717, 1.165) is 26.1 Å². The van der Waals surface area contributed by atoms with Crippen LogP contribution >= 0.6 is 0 Å². The molecular weight excluding hydrogens is 214 g/mol. The Labute approximate surface area is 105 Å². The van der Waals surface area contributed by atoms with E-state index in [2.05, 4.69) is 36.3 Å². The van der Waals surface area contributed by atoms with Crippen LogP contribution in [0.15, 0.2) is 0 Å². The first-order chi connectivity index (χ1) is 8.02. The van der Waals surface area contributed by atoms with Gasteiger partial charge in [0.25, 0.3) is 0 Å². The number of hydrogen-bond donors (Lipinski definition) is 2. The van der Waals surface area contributed by atoms with Crippen LogP contribution in [-0.4, -0.2) is 73.4 Å². The number of aliphatic hydroxyl groups is 1. The second-order valence-electron chi connectivity index (χ2n) is 6.16. The molecule has 1 saturated heterocycles. The number of nitrogens with one attached hydrogen (secondary N) is 1. The summed E-state index contributed by atoms with van der Waals surface area (Å²) in [7, 11) is 6.60. The van der Waals surface area contributed by atoms with Crippen molar-refractivity contribution in [1.29, 1.82) is 0 Å². The fourth-order valence-corrected chi connectivity index (χ4v) is 3.21. The van der Waals surface area contributed by atoms with Gasteiger partial charge in [-0.25, -0.2) is 0 Å². The van der Waals surface area contributed by atoms with E-state index in [0.29, 0.717) is 11.6 Å². The molecule has 1 heterocycles. The highest BCUT2D eigenvalue weighted by atomic mass is 16.3. The van der Waals surface area contributed by atoms with E-state index in [4.69, 9.17) is 0 Å². The van der Waals surface area contributed by atoms with Crippen LogP contribution in [0.4, 0.5) is 0 Å². The van der Waals surface area contributed by atoms with Crippen LogP contribution < -0.4 is 5.32 Å². The number of nitrogens with zero attached hydrogens (tertiary/aromatic N) is 2. The lowest BCUT2D eigenvalue weighted by Crippen LogP contribution is -2.57. The monoisotopic (exact) mass is 241 g/mol. The molecule has 1 aliphatic carbocycles. The molecule has 4 heteroatoms. The average Bonchev–Trinajstić information content (AvgIpc) is 2.57. The van der Waals surface area contributed by atoms with Gasteiger partial charge in [-0.1, -0.05) is 0 Å². The molecule has 0 bridgehead atoms. The zero-order valence-corrected chi connectivity index (χ0v) is 11.4. The number of β-amino-alcohol motifs (C(OH)–C–C–N with tert-alkyl or cyclic N) is 1. The average molecular weight is 241 g/mol. The Morgan fingerprint density at radius 3 is 2.41 bits per heavy atom. The molecule has 17 heavy (non-hydrogen) atoms. The van der Waals surface area contributed by atoms with Crippen LogP contribution in [0, 0.1) is 0 Å². The van der Waals surface area contributed by atoms with Crippen molar-refractivity contribution < 1.29 is 5.11 Å². The Hall–Kier alpha value is -0.160. The molecule has 2 aliphatic rings. The fraction of sp³-hybridized carbons (Fsp3) is 1.00. The van der Waals surface area contributed by atoms with Crippen LogP contribution in [-0.2, 0) is 0 Å². The summed E-state index contributed by atoms with van der Waals surface area (Å²) in [5.41, 5.74) is 0.409. The van der Waals surface area contributed by atoms with Crippen molar-refractivity contribution in [3.63, 3.8) is 0 Å². The summed E-state index contributed by atoms with van der Waals surface area (Å²) in [6.07, 6.45) is 4.78. The Bertz CT molecular complexity index is 253. The van der Waals surface area contributed by atoms with Gasteiger partial charge in [-0.2, -0.15) is 0 Å². The van der Waals surface area contributed by atoms with Crippen LogP contribution in [0.25, 0.3) is 0 Å². The first-order valence-corrected chi connectivity index (χ1v) is 6.79. The Kier molecular flexibility index (Phi) is 4.08. The van der Waals surface area contributed by atoms with Crippen molar-refractivity contribution in [2.24, 2.45) is 0 Å². The third kappa shape index (κ3) is 2.99. The predicted molar refractivity (Wildman–Crippen MR) is 70.2 cm³/mol. The zero-order chi connectivity index (χ0) is 12.5. The van der Waals surface area contributed by atoms with Crippen LogP contribution in [0.1, 0.15) is 25.7 Å². The van der Waals surface area contributed by atoms with E-state index < -0.39 is 0 Å². The maximum absolute atomic E-state index is 9.50. The summed E-state index contributed by atoms with van der Waals surface area (Å²) in [4.78, 5) is 4.82. The van der Waals surface area contributed by atoms with Gasteiger partial charge >= 0.3 is 0 Å². The van der Waals surface area contributed by atoms with Crippen LogP contribution in [0.3, 0.4) is 0 Å². The molecule has 0 spiro atoms. The normalized spacial score (nSPS) is 32.1. The lowest BCUT2D eigenvalue weighted by Gasteiger charge is -2.49. The summed E-state index contributed by atoms with van der Waals surface area (Å²) >= 11 is 0. The van der Waals surface area contributed by atoms with Crippen molar-refractivity contribution in [2.75, 3.05) is 40.8 Å². The third-order valence-corrected chi connectivity index (χ3v) is 4.53. The second-order valence-corrected chi connectivity index (χ2v) is 6.16. The molecule has 1 saturated carbocycles. The van der Waals surface area contributed by atoms with Crippen molar-refractivity contribution in [3.05, 3.63) is 0 Å². The van der Waals surface area contributed by atoms with Gasteiger partial charge in [0.05, 0.1) is 6.10 Å². The molecule has 2 atom stereocenters. The molecule has 2 unspecified atom stereocenters. The Balaban J connectivity index is 1.78. The highest BCUT2D eigenvalue weighted by molar-refractivity contribution is 4.98. The Morgan fingerprint density at radius 2 is 2.00 bits per heavy atom. The molecule has 0 radical (unpaired) electrons. The molecule has 2 rings (SSSR count). The molecule has 4 nitrogen and oxygen atoms in total. The SMILES string of the molecule is CN(CC1CC(O)CN1)CC1(N(C)C)CCC1. The van der Waals surface area contributed by atoms with Crippen molar-refractivity contribution in [2.45, 2.75) is 43.4 Å². The number of rotatable bonds is 5. The topological polar surface area (TPSA) is 38.7 Å². The smallest absolute Gasteiger partial charge is 0.0680 e. The van der Waals surface area contributed by atoms with Crippen molar-refractivity contribution in [1.82, 2.24) is 15.1 Å². The standard InChI is InChI=1S/C13H27N3O/c1-15(2)13(5-4-6-13)10-16(3)9-11-7-12(17)8-14-11/h11-12,14,17H,4-10H2,1-3H3. The summed E-state index contributed by atoms with van der Waals surface area (Å²) in [5, 5.41) is 12.9. The predicted octanol–water partition coefficient (Wildman–Crippen LogP) is 0.125. The van der Waals surface area contributed by atoms with Crippen molar-refractivity contribution in [3.8, 4) is 0 Å². The van der Waals surface area contributed by atoms with Crippen molar-refractivity contribution >= 4 is 0 Å². The quantitative estimate of drug-likeness (QED) is 0.717. The molecule has 2 N–H and O–H groups in total. The van der Waals surface area contributed by atoms with E-state index in [1.807, 2.05) is 0 Å². The van der Waals surface area contributed by atoms with Gasteiger partial charge in [-0.05, 0) is 46.8 Å². The van der Waals surface area contributed by atoms with Gasteiger partial charge in [-0.3, -0.25) is 0 Å². The van der Waals surface area contributed by atoms with E-state index in [1.165, 1.54) is 19.3 Å². The van der Waals surface area contributed by atoms with Gasteiger partial charge in [-0.15, -0.1) is 0 Å². The summed E-state index contributed by atoms with van der Waals surface area (Å²) < 4.78 is 0. The van der Waals surface area contributed by atoms with Crippen LogP contribution in [0.5, 0.6) is 0 Å². The lowest BCUT2D eigenvalue weighted by molar-refractivity contribution is 0.0258. The van der Waals surface area contributed by atoms with Crippen LogP contribution in [0.2, 0.25) is 0 Å². The number of likely N-dealkylation sites (N-methyl/N-ethyl adjacent to an activating group) is 2. The van der Waals surface area contributed by atoms with Gasteiger partial charge in [0.2, 0.25) is 0 Å². The zero-order valence-electron chi connectivity index (χ0n) is 11.4. The summed E-state index contributed by atoms with van der Waals surface area (Å²) in [5.74, 6) is 0. The number of aliphatic hydroxyl groups excluding tert-OH is 1. The minimum absolute atomic E-state index is 0.139. The maximum Gasteiger partial charge on any atom is 0.0680 e. The maximum atomic E-state index is 9.50. The molecule has 2 fully saturated rings. The molecule has 0 amide bonds. The molecule has 0 aromatic heterocycles. The fourth-order valence-electron chi connectivity index (χ4n) is 3.21. The van der Waals surface area contributed by atoms with Gasteiger partial charge in [0.15, 0.2) is 0 Å². The summed E-state index contributed by atoms with van der Waals surface area (Å²) in [6, 6.07) is 0.467. The number of hydrogen-bond acceptors (Lipinski definition) is 4. The van der Waals surface area contributed by atoms with E-state index in [9.17, 15) is 5.11 Å². The third-order valence-electron chi connectivity index (χ3n) is 4.53. The first kappa shape index (κ1) is 13.3. The lowest BCUT2D eigenvalue weighted by atomic mass is 9.75. The van der Waals surface area contributed by atoms with E-state index in [1.54, 1.807) is 0 Å².